The minimum atomic E-state index is -0.369. The van der Waals surface area contributed by atoms with E-state index in [0.717, 1.165) is 23.9 Å². The number of rotatable bonds is 5. The monoisotopic (exact) mass is 287 g/mol. The van der Waals surface area contributed by atoms with Crippen molar-refractivity contribution in [3.05, 3.63) is 40.7 Å². The molecule has 1 aromatic heterocycles. The van der Waals surface area contributed by atoms with Gasteiger partial charge in [-0.15, -0.1) is 0 Å². The van der Waals surface area contributed by atoms with Crippen LogP contribution in [0, 0.1) is 10.1 Å². The summed E-state index contributed by atoms with van der Waals surface area (Å²) in [5, 5.41) is 21.8. The number of hydrogen-bond donors (Lipinski definition) is 1. The fourth-order valence-corrected chi connectivity index (χ4v) is 2.87. The highest BCUT2D eigenvalue weighted by atomic mass is 16.6. The molecule has 0 bridgehead atoms. The van der Waals surface area contributed by atoms with Gasteiger partial charge in [0.2, 0.25) is 0 Å². The zero-order chi connectivity index (χ0) is 14.8. The quantitative estimate of drug-likeness (QED) is 0.675. The number of fused-ring (bicyclic) bond motifs is 1. The summed E-state index contributed by atoms with van der Waals surface area (Å²) in [5.74, 6) is 0. The highest BCUT2D eigenvalue weighted by molar-refractivity contribution is 5.99. The van der Waals surface area contributed by atoms with Gasteiger partial charge in [0.15, 0.2) is 0 Å². The molecule has 1 aromatic carbocycles. The lowest BCUT2D eigenvalue weighted by Gasteiger charge is -2.39. The molecule has 6 nitrogen and oxygen atoms in total. The van der Waals surface area contributed by atoms with Crippen LogP contribution in [0.1, 0.15) is 19.3 Å². The van der Waals surface area contributed by atoms with Crippen LogP contribution in [-0.4, -0.2) is 34.2 Å². The Kier molecular flexibility index (Phi) is 3.70. The molecule has 1 fully saturated rings. The minimum Gasteiger partial charge on any atom is -0.395 e. The SMILES string of the molecule is O=[N+]([O-])c1ccc(N(CCO)C2CCC2)c2cnccc12. The molecule has 3 rings (SSSR count). The lowest BCUT2D eigenvalue weighted by Crippen LogP contribution is -2.42. The third-order valence-electron chi connectivity index (χ3n) is 4.13. The topological polar surface area (TPSA) is 79.5 Å². The number of pyridine rings is 1. The van der Waals surface area contributed by atoms with Crippen molar-refractivity contribution in [1.82, 2.24) is 4.98 Å². The molecule has 6 heteroatoms. The van der Waals surface area contributed by atoms with E-state index >= 15 is 0 Å². The molecule has 0 radical (unpaired) electrons. The fourth-order valence-electron chi connectivity index (χ4n) is 2.87. The van der Waals surface area contributed by atoms with Gasteiger partial charge < -0.3 is 10.0 Å². The molecule has 0 aliphatic heterocycles. The normalized spacial score (nSPS) is 14.9. The van der Waals surface area contributed by atoms with E-state index in [1.807, 2.05) is 0 Å². The van der Waals surface area contributed by atoms with Crippen LogP contribution in [0.5, 0.6) is 0 Å². The molecule has 1 heterocycles. The van der Waals surface area contributed by atoms with Gasteiger partial charge in [-0.3, -0.25) is 15.1 Å². The number of aliphatic hydroxyl groups excluding tert-OH is 1. The van der Waals surface area contributed by atoms with E-state index in [1.165, 1.54) is 6.42 Å². The molecule has 1 N–H and O–H groups in total. The maximum absolute atomic E-state index is 11.2. The number of nitro benzene ring substituents is 1. The van der Waals surface area contributed by atoms with Crippen LogP contribution in [0.15, 0.2) is 30.6 Å². The zero-order valence-electron chi connectivity index (χ0n) is 11.6. The minimum absolute atomic E-state index is 0.0647. The number of nitro groups is 1. The summed E-state index contributed by atoms with van der Waals surface area (Å²) in [4.78, 5) is 17.0. The molecule has 0 amide bonds. The summed E-state index contributed by atoms with van der Waals surface area (Å²) >= 11 is 0. The predicted octanol–water partition coefficient (Wildman–Crippen LogP) is 2.49. The molecular weight excluding hydrogens is 270 g/mol. The molecule has 2 aromatic rings. The van der Waals surface area contributed by atoms with Gasteiger partial charge in [-0.2, -0.15) is 0 Å². The second-order valence-electron chi connectivity index (χ2n) is 5.28. The Morgan fingerprint density at radius 1 is 1.33 bits per heavy atom. The molecule has 1 aliphatic rings. The van der Waals surface area contributed by atoms with E-state index < -0.39 is 0 Å². The Morgan fingerprint density at radius 3 is 2.76 bits per heavy atom. The van der Waals surface area contributed by atoms with Gasteiger partial charge in [0.1, 0.15) is 0 Å². The van der Waals surface area contributed by atoms with Crippen molar-refractivity contribution in [2.45, 2.75) is 25.3 Å². The van der Waals surface area contributed by atoms with Crippen LogP contribution in [0.25, 0.3) is 10.8 Å². The Labute approximate surface area is 122 Å². The maximum atomic E-state index is 11.2. The number of hydrogen-bond acceptors (Lipinski definition) is 5. The van der Waals surface area contributed by atoms with Crippen LogP contribution >= 0.6 is 0 Å². The number of aromatic nitrogens is 1. The van der Waals surface area contributed by atoms with Crippen LogP contribution in [0.2, 0.25) is 0 Å². The third-order valence-corrected chi connectivity index (χ3v) is 4.13. The van der Waals surface area contributed by atoms with E-state index in [1.54, 1.807) is 30.6 Å². The highest BCUT2D eigenvalue weighted by Gasteiger charge is 2.27. The number of nitrogens with zero attached hydrogens (tertiary/aromatic N) is 3. The number of aliphatic hydroxyl groups is 1. The second kappa shape index (κ2) is 5.65. The summed E-state index contributed by atoms with van der Waals surface area (Å²) < 4.78 is 0. The fraction of sp³-hybridized carbons (Fsp3) is 0.400. The maximum Gasteiger partial charge on any atom is 0.277 e. The molecule has 1 aliphatic carbocycles. The van der Waals surface area contributed by atoms with Crippen molar-refractivity contribution in [2.24, 2.45) is 0 Å². The van der Waals surface area contributed by atoms with E-state index in [4.69, 9.17) is 0 Å². The zero-order valence-corrected chi connectivity index (χ0v) is 11.6. The van der Waals surface area contributed by atoms with E-state index in [9.17, 15) is 15.2 Å². The van der Waals surface area contributed by atoms with Crippen LogP contribution in [-0.2, 0) is 0 Å². The number of benzene rings is 1. The first-order valence-electron chi connectivity index (χ1n) is 7.11. The summed E-state index contributed by atoms with van der Waals surface area (Å²) in [6, 6.07) is 5.40. The third kappa shape index (κ3) is 2.42. The average Bonchev–Trinajstić information content (AvgIpc) is 2.43. The van der Waals surface area contributed by atoms with Crippen molar-refractivity contribution >= 4 is 22.1 Å². The largest absolute Gasteiger partial charge is 0.395 e. The van der Waals surface area contributed by atoms with Crippen molar-refractivity contribution in [1.29, 1.82) is 0 Å². The lowest BCUT2D eigenvalue weighted by molar-refractivity contribution is -0.383. The number of anilines is 1. The highest BCUT2D eigenvalue weighted by Crippen LogP contribution is 2.37. The Hall–Kier alpha value is -2.21. The van der Waals surface area contributed by atoms with Crippen molar-refractivity contribution in [3.8, 4) is 0 Å². The molecule has 0 saturated heterocycles. The molecule has 0 spiro atoms. The average molecular weight is 287 g/mol. The van der Waals surface area contributed by atoms with Crippen LogP contribution < -0.4 is 4.90 Å². The van der Waals surface area contributed by atoms with Gasteiger partial charge in [-0.1, -0.05) is 0 Å². The first-order chi connectivity index (χ1) is 10.2. The first kappa shape index (κ1) is 13.8. The Morgan fingerprint density at radius 2 is 2.14 bits per heavy atom. The Bertz CT molecular complexity index is 670. The smallest absolute Gasteiger partial charge is 0.277 e. The van der Waals surface area contributed by atoms with Crippen LogP contribution in [0.3, 0.4) is 0 Å². The molecular formula is C15H17N3O3. The van der Waals surface area contributed by atoms with Gasteiger partial charge in [0.25, 0.3) is 5.69 Å². The van der Waals surface area contributed by atoms with Gasteiger partial charge in [0.05, 0.1) is 16.9 Å². The molecule has 1 saturated carbocycles. The van der Waals surface area contributed by atoms with Crippen molar-refractivity contribution in [3.63, 3.8) is 0 Å². The summed E-state index contributed by atoms with van der Waals surface area (Å²) in [5.41, 5.74) is 1.01. The standard InChI is InChI=1S/C15H17N3O3/c19-9-8-17(11-2-1-3-11)14-4-5-15(18(20)21)12-6-7-16-10-13(12)14/h4-7,10-11,19H,1-3,8-9H2. The van der Waals surface area contributed by atoms with Crippen LogP contribution in [0.4, 0.5) is 11.4 Å². The van der Waals surface area contributed by atoms with E-state index in [2.05, 4.69) is 9.88 Å². The van der Waals surface area contributed by atoms with E-state index in [-0.39, 0.29) is 17.2 Å². The summed E-state index contributed by atoms with van der Waals surface area (Å²) in [6.07, 6.45) is 6.62. The molecule has 21 heavy (non-hydrogen) atoms. The van der Waals surface area contributed by atoms with Crippen molar-refractivity contribution in [2.75, 3.05) is 18.1 Å². The summed E-state index contributed by atoms with van der Waals surface area (Å²) in [6.45, 7) is 0.599. The lowest BCUT2D eigenvalue weighted by atomic mass is 9.90. The molecule has 0 atom stereocenters. The first-order valence-corrected chi connectivity index (χ1v) is 7.11. The predicted molar refractivity (Wildman–Crippen MR) is 80.5 cm³/mol. The summed E-state index contributed by atoms with van der Waals surface area (Å²) in [7, 11) is 0. The van der Waals surface area contributed by atoms with Gasteiger partial charge in [-0.25, -0.2) is 0 Å². The number of non-ortho nitro benzene ring substituents is 1. The van der Waals surface area contributed by atoms with Crippen molar-refractivity contribution < 1.29 is 10.0 Å². The molecule has 110 valence electrons. The molecule has 0 unspecified atom stereocenters. The van der Waals surface area contributed by atoms with E-state index in [0.29, 0.717) is 18.0 Å². The van der Waals surface area contributed by atoms with Gasteiger partial charge in [0, 0.05) is 42.1 Å². The Balaban J connectivity index is 2.13. The second-order valence-corrected chi connectivity index (χ2v) is 5.28. The van der Waals surface area contributed by atoms with Gasteiger partial charge >= 0.3 is 0 Å². The van der Waals surface area contributed by atoms with Gasteiger partial charge in [-0.05, 0) is 31.4 Å².